The number of nitrogens with zero attached hydrogens (tertiary/aromatic N) is 1. The molecule has 0 radical (unpaired) electrons. The van der Waals surface area contributed by atoms with E-state index in [2.05, 4.69) is 10.3 Å². The van der Waals surface area contributed by atoms with Crippen LogP contribution in [0.25, 0.3) is 0 Å². The van der Waals surface area contributed by atoms with Crippen molar-refractivity contribution in [3.05, 3.63) is 59.5 Å². The lowest BCUT2D eigenvalue weighted by Crippen LogP contribution is -2.15. The highest BCUT2D eigenvalue weighted by atomic mass is 19.1. The third-order valence-corrected chi connectivity index (χ3v) is 2.44. The topological polar surface area (TPSA) is 42.0 Å². The highest BCUT2D eigenvalue weighted by Crippen LogP contribution is 2.08. The van der Waals surface area contributed by atoms with E-state index < -0.39 is 0 Å². The number of nitrogens with one attached hydrogen (secondary N) is 1. The van der Waals surface area contributed by atoms with Crippen molar-refractivity contribution in [2.24, 2.45) is 0 Å². The minimum absolute atomic E-state index is 0.132. The summed E-state index contributed by atoms with van der Waals surface area (Å²) in [6.45, 7) is 1.92. The number of hydrogen-bond donors (Lipinski definition) is 1. The van der Waals surface area contributed by atoms with Gasteiger partial charge in [0.15, 0.2) is 0 Å². The van der Waals surface area contributed by atoms with Gasteiger partial charge in [0.2, 0.25) is 5.91 Å². The summed E-state index contributed by atoms with van der Waals surface area (Å²) in [5, 5.41) is 2.68. The fourth-order valence-corrected chi connectivity index (χ4v) is 1.62. The molecule has 4 heteroatoms. The molecule has 0 bridgehead atoms. The van der Waals surface area contributed by atoms with E-state index >= 15 is 0 Å². The Labute approximate surface area is 105 Å². The predicted octanol–water partition coefficient (Wildman–Crippen LogP) is 2.71. The second-order valence-electron chi connectivity index (χ2n) is 4.07. The fraction of sp³-hybridized carbons (Fsp3) is 0.143. The minimum atomic E-state index is -0.339. The Hall–Kier alpha value is -2.23. The van der Waals surface area contributed by atoms with Crippen molar-refractivity contribution >= 4 is 11.7 Å². The van der Waals surface area contributed by atoms with Gasteiger partial charge in [0.25, 0.3) is 0 Å². The summed E-state index contributed by atoms with van der Waals surface area (Å²) in [4.78, 5) is 15.8. The van der Waals surface area contributed by atoms with Gasteiger partial charge < -0.3 is 5.32 Å². The molecule has 1 amide bonds. The molecular weight excluding hydrogens is 231 g/mol. The monoisotopic (exact) mass is 244 g/mol. The van der Waals surface area contributed by atoms with Gasteiger partial charge in [-0.1, -0.05) is 12.1 Å². The Morgan fingerprint density at radius 3 is 2.89 bits per heavy atom. The lowest BCUT2D eigenvalue weighted by atomic mass is 10.1. The molecule has 18 heavy (non-hydrogen) atoms. The summed E-state index contributed by atoms with van der Waals surface area (Å²) in [5.74, 6) is -0.0379. The van der Waals surface area contributed by atoms with Crippen LogP contribution in [-0.4, -0.2) is 10.9 Å². The molecule has 2 rings (SSSR count). The molecule has 0 spiro atoms. The average molecular weight is 244 g/mol. The number of aryl methyl sites for hydroxylation is 1. The van der Waals surface area contributed by atoms with Gasteiger partial charge in [0.05, 0.1) is 6.42 Å². The second kappa shape index (κ2) is 5.40. The van der Waals surface area contributed by atoms with Crippen molar-refractivity contribution in [2.75, 3.05) is 5.32 Å². The Kier molecular flexibility index (Phi) is 3.67. The summed E-state index contributed by atoms with van der Waals surface area (Å²) in [7, 11) is 0. The molecule has 3 nitrogen and oxygen atoms in total. The van der Waals surface area contributed by atoms with Crippen LogP contribution in [0.15, 0.2) is 42.6 Å². The number of benzene rings is 1. The van der Waals surface area contributed by atoms with Crippen LogP contribution in [0.4, 0.5) is 10.2 Å². The fourth-order valence-electron chi connectivity index (χ4n) is 1.62. The summed E-state index contributed by atoms with van der Waals surface area (Å²) in [5.41, 5.74) is 1.66. The van der Waals surface area contributed by atoms with Crippen LogP contribution in [-0.2, 0) is 11.2 Å². The molecule has 1 N–H and O–H groups in total. The molecule has 1 heterocycles. The molecule has 1 aromatic heterocycles. The number of aromatic nitrogens is 1. The molecule has 0 aliphatic heterocycles. The minimum Gasteiger partial charge on any atom is -0.310 e. The van der Waals surface area contributed by atoms with E-state index in [1.807, 2.05) is 13.0 Å². The highest BCUT2D eigenvalue weighted by molar-refractivity contribution is 5.91. The van der Waals surface area contributed by atoms with Crippen LogP contribution < -0.4 is 5.32 Å². The van der Waals surface area contributed by atoms with E-state index in [0.29, 0.717) is 11.4 Å². The van der Waals surface area contributed by atoms with Crippen molar-refractivity contribution in [1.82, 2.24) is 4.98 Å². The first-order valence-electron chi connectivity index (χ1n) is 5.60. The first kappa shape index (κ1) is 12.2. The van der Waals surface area contributed by atoms with Gasteiger partial charge in [-0.05, 0) is 42.3 Å². The van der Waals surface area contributed by atoms with Gasteiger partial charge in [-0.25, -0.2) is 9.37 Å². The van der Waals surface area contributed by atoms with Crippen molar-refractivity contribution < 1.29 is 9.18 Å². The Morgan fingerprint density at radius 1 is 1.33 bits per heavy atom. The summed E-state index contributed by atoms with van der Waals surface area (Å²) >= 11 is 0. The lowest BCUT2D eigenvalue weighted by Gasteiger charge is -2.05. The number of pyridine rings is 1. The Morgan fingerprint density at radius 2 is 2.17 bits per heavy atom. The van der Waals surface area contributed by atoms with Gasteiger partial charge in [-0.3, -0.25) is 4.79 Å². The number of carbonyl (C=O) groups is 1. The van der Waals surface area contributed by atoms with Crippen molar-refractivity contribution in [3.8, 4) is 0 Å². The number of amides is 1. The quantitative estimate of drug-likeness (QED) is 0.902. The standard InChI is InChI=1S/C14H13FN2O/c1-10-5-6-16-13(7-10)17-14(18)9-11-3-2-4-12(15)8-11/h2-8H,9H2,1H3,(H,16,17,18). The molecule has 0 fully saturated rings. The van der Waals surface area contributed by atoms with E-state index in [1.165, 1.54) is 12.1 Å². The molecular formula is C14H13FN2O. The third-order valence-electron chi connectivity index (χ3n) is 2.44. The number of halogens is 1. The smallest absolute Gasteiger partial charge is 0.229 e. The van der Waals surface area contributed by atoms with E-state index in [1.54, 1.807) is 24.4 Å². The normalized spacial score (nSPS) is 10.1. The van der Waals surface area contributed by atoms with Crippen LogP contribution in [0.5, 0.6) is 0 Å². The maximum atomic E-state index is 13.0. The molecule has 1 aromatic carbocycles. The van der Waals surface area contributed by atoms with Crippen LogP contribution in [0.3, 0.4) is 0 Å². The summed E-state index contributed by atoms with van der Waals surface area (Å²) in [6.07, 6.45) is 1.76. The first-order valence-corrected chi connectivity index (χ1v) is 5.60. The molecule has 92 valence electrons. The van der Waals surface area contributed by atoms with E-state index in [4.69, 9.17) is 0 Å². The molecule has 0 aliphatic rings. The maximum Gasteiger partial charge on any atom is 0.229 e. The molecule has 0 unspecified atom stereocenters. The number of carbonyl (C=O) groups excluding carboxylic acids is 1. The lowest BCUT2D eigenvalue weighted by molar-refractivity contribution is -0.115. The van der Waals surface area contributed by atoms with Gasteiger partial charge in [0, 0.05) is 6.20 Å². The molecule has 0 saturated carbocycles. The SMILES string of the molecule is Cc1ccnc(NC(=O)Cc2cccc(F)c2)c1. The predicted molar refractivity (Wildman–Crippen MR) is 67.7 cm³/mol. The largest absolute Gasteiger partial charge is 0.310 e. The van der Waals surface area contributed by atoms with Crippen molar-refractivity contribution in [3.63, 3.8) is 0 Å². The number of rotatable bonds is 3. The van der Waals surface area contributed by atoms with Crippen molar-refractivity contribution in [2.45, 2.75) is 13.3 Å². The average Bonchev–Trinajstić information content (AvgIpc) is 2.28. The second-order valence-corrected chi connectivity index (χ2v) is 4.07. The number of anilines is 1. The van der Waals surface area contributed by atoms with E-state index in [0.717, 1.165) is 5.56 Å². The summed E-state index contributed by atoms with van der Waals surface area (Å²) in [6, 6.07) is 9.63. The van der Waals surface area contributed by atoms with Crippen LogP contribution in [0.2, 0.25) is 0 Å². The zero-order valence-electron chi connectivity index (χ0n) is 9.98. The van der Waals surface area contributed by atoms with Crippen LogP contribution in [0, 0.1) is 12.7 Å². The van der Waals surface area contributed by atoms with Gasteiger partial charge in [0.1, 0.15) is 11.6 Å². The molecule has 0 aliphatic carbocycles. The van der Waals surface area contributed by atoms with E-state index in [-0.39, 0.29) is 18.1 Å². The van der Waals surface area contributed by atoms with Gasteiger partial charge in [-0.15, -0.1) is 0 Å². The van der Waals surface area contributed by atoms with Crippen molar-refractivity contribution in [1.29, 1.82) is 0 Å². The van der Waals surface area contributed by atoms with Gasteiger partial charge in [-0.2, -0.15) is 0 Å². The zero-order chi connectivity index (χ0) is 13.0. The van der Waals surface area contributed by atoms with E-state index in [9.17, 15) is 9.18 Å². The maximum absolute atomic E-state index is 13.0. The first-order chi connectivity index (χ1) is 8.63. The Bertz CT molecular complexity index is 520. The van der Waals surface area contributed by atoms with Crippen LogP contribution in [0.1, 0.15) is 11.1 Å². The Balaban J connectivity index is 2.01. The summed E-state index contributed by atoms with van der Waals surface area (Å²) < 4.78 is 13.0. The number of hydrogen-bond acceptors (Lipinski definition) is 2. The highest BCUT2D eigenvalue weighted by Gasteiger charge is 2.05. The molecule has 0 atom stereocenters. The third kappa shape index (κ3) is 3.38. The zero-order valence-corrected chi connectivity index (χ0v) is 9.98. The van der Waals surface area contributed by atoms with Crippen LogP contribution >= 0.6 is 0 Å². The molecule has 2 aromatic rings. The molecule has 0 saturated heterocycles. The van der Waals surface area contributed by atoms with Gasteiger partial charge >= 0.3 is 0 Å².